The Labute approximate surface area is 137 Å². The van der Waals surface area contributed by atoms with E-state index in [0.29, 0.717) is 17.9 Å². The highest BCUT2D eigenvalue weighted by molar-refractivity contribution is 6.04. The van der Waals surface area contributed by atoms with Crippen molar-refractivity contribution in [3.63, 3.8) is 0 Å². The van der Waals surface area contributed by atoms with Crippen LogP contribution in [0, 0.1) is 0 Å². The fourth-order valence-electron chi connectivity index (χ4n) is 2.04. The van der Waals surface area contributed by atoms with Gasteiger partial charge in [0.2, 0.25) is 0 Å². The second-order valence-electron chi connectivity index (χ2n) is 5.52. The summed E-state index contributed by atoms with van der Waals surface area (Å²) in [5.41, 5.74) is 1.30. The highest BCUT2D eigenvalue weighted by atomic mass is 16.5. The number of ether oxygens (including phenoxy) is 2. The van der Waals surface area contributed by atoms with Gasteiger partial charge < -0.3 is 14.8 Å². The Bertz CT molecular complexity index is 635. The predicted molar refractivity (Wildman–Crippen MR) is 92.4 cm³/mol. The van der Waals surface area contributed by atoms with Crippen LogP contribution in [0.4, 0.5) is 5.69 Å². The summed E-state index contributed by atoms with van der Waals surface area (Å²) in [4.78, 5) is 12.3. The molecule has 2 aromatic carbocycles. The number of carbonyl (C=O) groups is 1. The molecule has 0 saturated heterocycles. The first-order valence-corrected chi connectivity index (χ1v) is 7.89. The van der Waals surface area contributed by atoms with E-state index in [2.05, 4.69) is 12.2 Å². The number of benzene rings is 2. The van der Waals surface area contributed by atoms with Gasteiger partial charge in [0.1, 0.15) is 11.5 Å². The highest BCUT2D eigenvalue weighted by Gasteiger charge is 2.07. The van der Waals surface area contributed by atoms with E-state index in [4.69, 9.17) is 9.47 Å². The van der Waals surface area contributed by atoms with Crippen LogP contribution in [0.3, 0.4) is 0 Å². The molecule has 23 heavy (non-hydrogen) atoms. The third-order valence-electron chi connectivity index (χ3n) is 3.05. The van der Waals surface area contributed by atoms with E-state index in [-0.39, 0.29) is 12.0 Å². The second kappa shape index (κ2) is 8.22. The van der Waals surface area contributed by atoms with E-state index in [1.807, 2.05) is 38.1 Å². The summed E-state index contributed by atoms with van der Waals surface area (Å²) < 4.78 is 11.1. The molecule has 122 valence electrons. The standard InChI is InChI=1S/C19H23NO3/c1-4-12-22-18-7-5-6-16(13-18)20-19(21)15-8-10-17(11-9-15)23-14(2)3/h5-11,13-14H,4,12H2,1-3H3,(H,20,21). The molecule has 4 nitrogen and oxygen atoms in total. The van der Waals surface area contributed by atoms with Crippen LogP contribution in [0.25, 0.3) is 0 Å². The smallest absolute Gasteiger partial charge is 0.255 e. The van der Waals surface area contributed by atoms with Crippen molar-refractivity contribution in [1.82, 2.24) is 0 Å². The molecule has 0 unspecified atom stereocenters. The van der Waals surface area contributed by atoms with Gasteiger partial charge in [0.05, 0.1) is 12.7 Å². The lowest BCUT2D eigenvalue weighted by molar-refractivity contribution is 0.102. The van der Waals surface area contributed by atoms with Crippen LogP contribution in [-0.4, -0.2) is 18.6 Å². The zero-order valence-corrected chi connectivity index (χ0v) is 13.8. The Morgan fingerprint density at radius 2 is 1.83 bits per heavy atom. The predicted octanol–water partition coefficient (Wildman–Crippen LogP) is 4.51. The maximum Gasteiger partial charge on any atom is 0.255 e. The molecule has 0 bridgehead atoms. The molecule has 0 heterocycles. The Hall–Kier alpha value is -2.49. The van der Waals surface area contributed by atoms with Gasteiger partial charge in [0, 0.05) is 17.3 Å². The van der Waals surface area contributed by atoms with Crippen molar-refractivity contribution in [2.24, 2.45) is 0 Å². The van der Waals surface area contributed by atoms with Gasteiger partial charge in [-0.1, -0.05) is 13.0 Å². The normalized spacial score (nSPS) is 10.4. The Balaban J connectivity index is 2.01. The van der Waals surface area contributed by atoms with Crippen molar-refractivity contribution in [2.45, 2.75) is 33.3 Å². The van der Waals surface area contributed by atoms with Gasteiger partial charge in [0.25, 0.3) is 5.91 Å². The van der Waals surface area contributed by atoms with Crippen LogP contribution in [0.1, 0.15) is 37.6 Å². The Morgan fingerprint density at radius 1 is 1.09 bits per heavy atom. The Kier molecular flexibility index (Phi) is 6.03. The van der Waals surface area contributed by atoms with Gasteiger partial charge in [-0.15, -0.1) is 0 Å². The lowest BCUT2D eigenvalue weighted by Crippen LogP contribution is -2.12. The lowest BCUT2D eigenvalue weighted by Gasteiger charge is -2.11. The van der Waals surface area contributed by atoms with Crippen LogP contribution in [0.15, 0.2) is 48.5 Å². The third-order valence-corrected chi connectivity index (χ3v) is 3.05. The molecule has 0 aliphatic carbocycles. The van der Waals surface area contributed by atoms with E-state index >= 15 is 0 Å². The lowest BCUT2D eigenvalue weighted by atomic mass is 10.2. The van der Waals surface area contributed by atoms with Gasteiger partial charge in [-0.25, -0.2) is 0 Å². The SMILES string of the molecule is CCCOc1cccc(NC(=O)c2ccc(OC(C)C)cc2)c1. The number of hydrogen-bond acceptors (Lipinski definition) is 3. The fourth-order valence-corrected chi connectivity index (χ4v) is 2.04. The molecule has 0 aliphatic heterocycles. The zero-order valence-electron chi connectivity index (χ0n) is 13.8. The van der Waals surface area contributed by atoms with Crippen molar-refractivity contribution < 1.29 is 14.3 Å². The molecule has 1 amide bonds. The number of hydrogen-bond donors (Lipinski definition) is 1. The number of anilines is 1. The summed E-state index contributed by atoms with van der Waals surface area (Å²) in [6.07, 6.45) is 1.06. The van der Waals surface area contributed by atoms with Crippen LogP contribution in [-0.2, 0) is 0 Å². The van der Waals surface area contributed by atoms with Gasteiger partial charge in [-0.3, -0.25) is 4.79 Å². The molecule has 0 fully saturated rings. The maximum atomic E-state index is 12.3. The number of nitrogens with one attached hydrogen (secondary N) is 1. The molecule has 2 rings (SSSR count). The van der Waals surface area contributed by atoms with E-state index in [0.717, 1.165) is 17.9 Å². The third kappa shape index (κ3) is 5.33. The molecular weight excluding hydrogens is 290 g/mol. The van der Waals surface area contributed by atoms with Gasteiger partial charge in [-0.2, -0.15) is 0 Å². The van der Waals surface area contributed by atoms with E-state index in [1.54, 1.807) is 24.3 Å². The molecule has 0 aliphatic rings. The maximum absolute atomic E-state index is 12.3. The van der Waals surface area contributed by atoms with Gasteiger partial charge >= 0.3 is 0 Å². The average Bonchev–Trinajstić information content (AvgIpc) is 2.53. The van der Waals surface area contributed by atoms with Crippen molar-refractivity contribution in [3.8, 4) is 11.5 Å². The summed E-state index contributed by atoms with van der Waals surface area (Å²) in [5, 5.41) is 2.88. The van der Waals surface area contributed by atoms with Gasteiger partial charge in [-0.05, 0) is 56.7 Å². The molecule has 2 aromatic rings. The first-order chi connectivity index (χ1) is 11.1. The zero-order chi connectivity index (χ0) is 16.7. The van der Waals surface area contributed by atoms with Crippen LogP contribution in [0.2, 0.25) is 0 Å². The summed E-state index contributed by atoms with van der Waals surface area (Å²) in [6.45, 7) is 6.65. The quantitative estimate of drug-likeness (QED) is 0.818. The number of carbonyl (C=O) groups excluding carboxylic acids is 1. The monoisotopic (exact) mass is 313 g/mol. The molecule has 0 atom stereocenters. The second-order valence-corrected chi connectivity index (χ2v) is 5.52. The number of rotatable bonds is 7. The van der Waals surface area contributed by atoms with Crippen LogP contribution in [0.5, 0.6) is 11.5 Å². The molecular formula is C19H23NO3. The van der Waals surface area contributed by atoms with E-state index < -0.39 is 0 Å². The van der Waals surface area contributed by atoms with Gasteiger partial charge in [0.15, 0.2) is 0 Å². The molecule has 1 N–H and O–H groups in total. The number of amides is 1. The topological polar surface area (TPSA) is 47.6 Å². The minimum atomic E-state index is -0.159. The first-order valence-electron chi connectivity index (χ1n) is 7.89. The van der Waals surface area contributed by atoms with Crippen molar-refractivity contribution >= 4 is 11.6 Å². The minimum Gasteiger partial charge on any atom is -0.494 e. The van der Waals surface area contributed by atoms with E-state index in [9.17, 15) is 4.79 Å². The van der Waals surface area contributed by atoms with Crippen LogP contribution < -0.4 is 14.8 Å². The summed E-state index contributed by atoms with van der Waals surface area (Å²) >= 11 is 0. The van der Waals surface area contributed by atoms with Crippen molar-refractivity contribution in [1.29, 1.82) is 0 Å². The van der Waals surface area contributed by atoms with Crippen molar-refractivity contribution in [2.75, 3.05) is 11.9 Å². The molecule has 0 radical (unpaired) electrons. The molecule has 0 aromatic heterocycles. The average molecular weight is 313 g/mol. The van der Waals surface area contributed by atoms with Crippen molar-refractivity contribution in [3.05, 3.63) is 54.1 Å². The van der Waals surface area contributed by atoms with Crippen LogP contribution >= 0.6 is 0 Å². The fraction of sp³-hybridized carbons (Fsp3) is 0.316. The summed E-state index contributed by atoms with van der Waals surface area (Å²) in [5.74, 6) is 1.35. The van der Waals surface area contributed by atoms with E-state index in [1.165, 1.54) is 0 Å². The largest absolute Gasteiger partial charge is 0.494 e. The Morgan fingerprint density at radius 3 is 2.48 bits per heavy atom. The minimum absolute atomic E-state index is 0.112. The molecule has 0 saturated carbocycles. The first kappa shape index (κ1) is 16.9. The highest BCUT2D eigenvalue weighted by Crippen LogP contribution is 2.19. The molecule has 0 spiro atoms. The summed E-state index contributed by atoms with van der Waals surface area (Å²) in [6, 6.07) is 14.5. The summed E-state index contributed by atoms with van der Waals surface area (Å²) in [7, 11) is 0. The molecule has 4 heteroatoms.